The molecule has 0 aliphatic heterocycles. The predicted octanol–water partition coefficient (Wildman–Crippen LogP) is 2.43. The summed E-state index contributed by atoms with van der Waals surface area (Å²) in [7, 11) is 0. The molecule has 0 atom stereocenters. The molecular weight excluding hydrogens is 261 g/mol. The first-order valence-electron chi connectivity index (χ1n) is 6.15. The zero-order valence-corrected chi connectivity index (χ0v) is 11.5. The van der Waals surface area contributed by atoms with Gasteiger partial charge in [-0.3, -0.25) is 0 Å². The second-order valence-electron chi connectivity index (χ2n) is 4.56. The molecule has 2 rings (SSSR count). The Bertz CT molecular complexity index is 618. The van der Waals surface area contributed by atoms with Gasteiger partial charge in [0.1, 0.15) is 5.82 Å². The maximum Gasteiger partial charge on any atom is 0.323 e. The van der Waals surface area contributed by atoms with Gasteiger partial charge in [-0.2, -0.15) is 15.0 Å². The highest BCUT2D eigenvalue weighted by atomic mass is 19.1. The molecule has 0 unspecified atom stereocenters. The Morgan fingerprint density at radius 1 is 1.25 bits per heavy atom. The van der Waals surface area contributed by atoms with Crippen LogP contribution in [0.2, 0.25) is 0 Å². The zero-order chi connectivity index (χ0) is 14.7. The number of aromatic nitrogens is 3. The summed E-state index contributed by atoms with van der Waals surface area (Å²) in [6, 6.07) is 4.76. The first kappa shape index (κ1) is 14.0. The van der Waals surface area contributed by atoms with Crippen LogP contribution in [0.25, 0.3) is 0 Å². The second-order valence-corrected chi connectivity index (χ2v) is 4.56. The van der Waals surface area contributed by atoms with Gasteiger partial charge >= 0.3 is 6.01 Å². The zero-order valence-electron chi connectivity index (χ0n) is 11.5. The Balaban J connectivity index is 2.24. The van der Waals surface area contributed by atoms with Crippen molar-refractivity contribution in [3.63, 3.8) is 0 Å². The van der Waals surface area contributed by atoms with Crippen molar-refractivity contribution in [1.29, 1.82) is 0 Å². The van der Waals surface area contributed by atoms with Crippen LogP contribution in [-0.2, 0) is 0 Å². The van der Waals surface area contributed by atoms with E-state index in [1.165, 1.54) is 6.07 Å². The number of ether oxygens (including phenoxy) is 1. The molecule has 0 spiro atoms. The molecule has 1 aromatic carbocycles. The monoisotopic (exact) mass is 277 g/mol. The van der Waals surface area contributed by atoms with E-state index in [-0.39, 0.29) is 29.8 Å². The van der Waals surface area contributed by atoms with Crippen LogP contribution >= 0.6 is 0 Å². The number of hydrogen-bond acceptors (Lipinski definition) is 6. The van der Waals surface area contributed by atoms with Gasteiger partial charge < -0.3 is 15.8 Å². The second kappa shape index (κ2) is 5.68. The van der Waals surface area contributed by atoms with Crippen molar-refractivity contribution in [2.45, 2.75) is 26.9 Å². The minimum absolute atomic E-state index is 0.0528. The fraction of sp³-hybridized carbons (Fsp3) is 0.308. The third kappa shape index (κ3) is 3.53. The van der Waals surface area contributed by atoms with E-state index in [0.29, 0.717) is 11.3 Å². The van der Waals surface area contributed by atoms with E-state index < -0.39 is 0 Å². The molecule has 0 amide bonds. The Hall–Kier alpha value is -2.44. The molecule has 0 saturated carbocycles. The van der Waals surface area contributed by atoms with Gasteiger partial charge in [0.2, 0.25) is 11.9 Å². The molecule has 0 saturated heterocycles. The number of benzene rings is 1. The number of nitrogens with one attached hydrogen (secondary N) is 1. The number of hydrogen-bond donors (Lipinski definition) is 2. The molecule has 0 aliphatic rings. The van der Waals surface area contributed by atoms with Gasteiger partial charge in [0, 0.05) is 5.69 Å². The van der Waals surface area contributed by atoms with E-state index in [2.05, 4.69) is 20.3 Å². The maximum absolute atomic E-state index is 13.2. The lowest BCUT2D eigenvalue weighted by Gasteiger charge is -2.10. The number of nitrogens with two attached hydrogens (primary N) is 1. The summed E-state index contributed by atoms with van der Waals surface area (Å²) in [5.41, 5.74) is 6.78. The predicted molar refractivity (Wildman–Crippen MR) is 74.4 cm³/mol. The molecule has 1 heterocycles. The number of rotatable bonds is 4. The van der Waals surface area contributed by atoms with Gasteiger partial charge in [-0.15, -0.1) is 0 Å². The Kier molecular flexibility index (Phi) is 3.97. The van der Waals surface area contributed by atoms with E-state index in [4.69, 9.17) is 10.5 Å². The van der Waals surface area contributed by atoms with Gasteiger partial charge in [-0.05, 0) is 44.5 Å². The van der Waals surface area contributed by atoms with Gasteiger partial charge in [-0.25, -0.2) is 4.39 Å². The molecule has 20 heavy (non-hydrogen) atoms. The Labute approximate surface area is 116 Å². The van der Waals surface area contributed by atoms with Crippen LogP contribution in [0, 0.1) is 12.7 Å². The van der Waals surface area contributed by atoms with E-state index >= 15 is 0 Å². The number of aryl methyl sites for hydroxylation is 1. The summed E-state index contributed by atoms with van der Waals surface area (Å²) in [6.07, 6.45) is -0.0716. The molecule has 0 radical (unpaired) electrons. The van der Waals surface area contributed by atoms with Crippen molar-refractivity contribution in [2.24, 2.45) is 0 Å². The van der Waals surface area contributed by atoms with Crippen LogP contribution in [0.1, 0.15) is 19.4 Å². The lowest BCUT2D eigenvalue weighted by Crippen LogP contribution is -2.11. The maximum atomic E-state index is 13.2. The molecule has 2 aromatic rings. The highest BCUT2D eigenvalue weighted by Crippen LogP contribution is 2.18. The molecule has 7 heteroatoms. The van der Waals surface area contributed by atoms with Crippen molar-refractivity contribution in [2.75, 3.05) is 11.1 Å². The van der Waals surface area contributed by atoms with Crippen LogP contribution in [0.15, 0.2) is 18.2 Å². The van der Waals surface area contributed by atoms with Crippen molar-refractivity contribution in [1.82, 2.24) is 15.0 Å². The van der Waals surface area contributed by atoms with Crippen LogP contribution in [0.3, 0.4) is 0 Å². The summed E-state index contributed by atoms with van der Waals surface area (Å²) < 4.78 is 18.6. The van der Waals surface area contributed by atoms with E-state index in [9.17, 15) is 4.39 Å². The Morgan fingerprint density at radius 2 is 2.00 bits per heavy atom. The van der Waals surface area contributed by atoms with Gasteiger partial charge in [0.25, 0.3) is 0 Å². The Morgan fingerprint density at radius 3 is 2.65 bits per heavy atom. The van der Waals surface area contributed by atoms with Crippen LogP contribution < -0.4 is 15.8 Å². The summed E-state index contributed by atoms with van der Waals surface area (Å²) >= 11 is 0. The lowest BCUT2D eigenvalue weighted by molar-refractivity contribution is 0.222. The molecule has 1 aromatic heterocycles. The normalized spacial score (nSPS) is 10.7. The van der Waals surface area contributed by atoms with Crippen LogP contribution in [-0.4, -0.2) is 21.1 Å². The minimum Gasteiger partial charge on any atom is -0.461 e. The van der Waals surface area contributed by atoms with Crippen molar-refractivity contribution < 1.29 is 9.13 Å². The average molecular weight is 277 g/mol. The standard InChI is InChI=1S/C13H16FN5O/c1-7(2)20-13-18-11(15)17-12(19-13)16-9-4-5-10(14)8(3)6-9/h4-7H,1-3H3,(H3,15,16,17,18,19). The number of anilines is 3. The lowest BCUT2D eigenvalue weighted by atomic mass is 10.2. The summed E-state index contributed by atoms with van der Waals surface area (Å²) in [5.74, 6) is 0.0330. The summed E-state index contributed by atoms with van der Waals surface area (Å²) in [4.78, 5) is 11.9. The quantitative estimate of drug-likeness (QED) is 0.892. The minimum atomic E-state index is -0.269. The molecule has 0 bridgehead atoms. The van der Waals surface area contributed by atoms with Crippen molar-refractivity contribution in [3.05, 3.63) is 29.6 Å². The summed E-state index contributed by atoms with van der Waals surface area (Å²) in [5, 5.41) is 2.94. The van der Waals surface area contributed by atoms with Crippen molar-refractivity contribution in [3.8, 4) is 6.01 Å². The third-order valence-corrected chi connectivity index (χ3v) is 2.39. The van der Waals surface area contributed by atoms with Crippen molar-refractivity contribution >= 4 is 17.6 Å². The fourth-order valence-corrected chi connectivity index (χ4v) is 1.54. The molecule has 3 N–H and O–H groups in total. The van der Waals surface area contributed by atoms with Crippen LogP contribution in [0.4, 0.5) is 22.0 Å². The molecule has 6 nitrogen and oxygen atoms in total. The van der Waals surface area contributed by atoms with Crippen LogP contribution in [0.5, 0.6) is 6.01 Å². The SMILES string of the molecule is Cc1cc(Nc2nc(N)nc(OC(C)C)n2)ccc1F. The first-order chi connectivity index (χ1) is 9.44. The smallest absolute Gasteiger partial charge is 0.323 e. The highest BCUT2D eigenvalue weighted by Gasteiger charge is 2.08. The molecule has 0 fully saturated rings. The van der Waals surface area contributed by atoms with Gasteiger partial charge in [0.15, 0.2) is 0 Å². The largest absolute Gasteiger partial charge is 0.461 e. The topological polar surface area (TPSA) is 86.0 Å². The third-order valence-electron chi connectivity index (χ3n) is 2.39. The fourth-order valence-electron chi connectivity index (χ4n) is 1.54. The van der Waals surface area contributed by atoms with Gasteiger partial charge in [0.05, 0.1) is 6.10 Å². The molecule has 106 valence electrons. The number of nitrogen functional groups attached to an aromatic ring is 1. The molecule has 0 aliphatic carbocycles. The van der Waals surface area contributed by atoms with E-state index in [0.717, 1.165) is 0 Å². The molecular formula is C13H16FN5O. The average Bonchev–Trinajstić information content (AvgIpc) is 2.32. The van der Waals surface area contributed by atoms with E-state index in [1.807, 2.05) is 13.8 Å². The summed E-state index contributed by atoms with van der Waals surface area (Å²) in [6.45, 7) is 5.39. The number of halogens is 1. The highest BCUT2D eigenvalue weighted by molar-refractivity contribution is 5.55. The first-order valence-corrected chi connectivity index (χ1v) is 6.15. The van der Waals surface area contributed by atoms with E-state index in [1.54, 1.807) is 19.1 Å². The van der Waals surface area contributed by atoms with Gasteiger partial charge in [-0.1, -0.05) is 0 Å². The number of nitrogens with zero attached hydrogens (tertiary/aromatic N) is 3.